The number of rotatable bonds is 4. The zero-order chi connectivity index (χ0) is 21.4. The van der Waals surface area contributed by atoms with Crippen molar-refractivity contribution >= 4 is 56.6 Å². The third-order valence-electron chi connectivity index (χ3n) is 5.44. The Bertz CT molecular complexity index is 1120. The molecule has 158 valence electrons. The van der Waals surface area contributed by atoms with E-state index in [-0.39, 0.29) is 17.9 Å². The Hall–Kier alpha value is -2.09. The molecule has 0 spiro atoms. The first-order valence-electron chi connectivity index (χ1n) is 9.79. The lowest BCUT2D eigenvalue weighted by molar-refractivity contribution is -0.129. The average molecular weight is 465 g/mol. The monoisotopic (exact) mass is 464 g/mol. The van der Waals surface area contributed by atoms with Crippen LogP contribution in [0.2, 0.25) is 10.0 Å². The molecule has 4 rings (SSSR count). The summed E-state index contributed by atoms with van der Waals surface area (Å²) in [6.45, 7) is 5.39. The molecule has 2 amide bonds. The van der Waals surface area contributed by atoms with Crippen LogP contribution in [0.3, 0.4) is 0 Å². The summed E-state index contributed by atoms with van der Waals surface area (Å²) in [7, 11) is 0. The second-order valence-electron chi connectivity index (χ2n) is 7.56. The van der Waals surface area contributed by atoms with E-state index in [2.05, 4.69) is 10.4 Å². The Kier molecular flexibility index (Phi) is 6.04. The summed E-state index contributed by atoms with van der Waals surface area (Å²) in [5.41, 5.74) is 1.79. The van der Waals surface area contributed by atoms with E-state index in [0.717, 1.165) is 34.3 Å². The summed E-state index contributed by atoms with van der Waals surface area (Å²) in [4.78, 5) is 27.7. The van der Waals surface area contributed by atoms with Gasteiger partial charge >= 0.3 is 0 Å². The highest BCUT2D eigenvalue weighted by Crippen LogP contribution is 2.30. The van der Waals surface area contributed by atoms with Crippen molar-refractivity contribution in [3.63, 3.8) is 0 Å². The predicted molar refractivity (Wildman–Crippen MR) is 121 cm³/mol. The molecule has 0 unspecified atom stereocenters. The van der Waals surface area contributed by atoms with Crippen molar-refractivity contribution in [3.8, 4) is 0 Å². The highest BCUT2D eigenvalue weighted by Gasteiger charge is 2.24. The molecule has 3 aromatic rings. The molecule has 1 saturated heterocycles. The molecule has 0 atom stereocenters. The number of hydrogen-bond acceptors (Lipinski definition) is 4. The van der Waals surface area contributed by atoms with Gasteiger partial charge < -0.3 is 10.2 Å². The van der Waals surface area contributed by atoms with E-state index in [1.54, 1.807) is 19.1 Å². The first-order valence-corrected chi connectivity index (χ1v) is 11.4. The molecule has 0 bridgehead atoms. The topological polar surface area (TPSA) is 67.2 Å². The number of hydrogen-bond donors (Lipinski definition) is 1. The molecular formula is C21H22Cl2N4O2S. The van der Waals surface area contributed by atoms with E-state index in [9.17, 15) is 9.59 Å². The van der Waals surface area contributed by atoms with Gasteiger partial charge in [0.05, 0.1) is 17.1 Å². The summed E-state index contributed by atoms with van der Waals surface area (Å²) >= 11 is 13.7. The molecule has 1 aliphatic heterocycles. The van der Waals surface area contributed by atoms with Crippen LogP contribution in [0.25, 0.3) is 10.2 Å². The Morgan fingerprint density at radius 2 is 1.97 bits per heavy atom. The molecule has 0 aliphatic carbocycles. The molecule has 0 radical (unpaired) electrons. The maximum atomic E-state index is 12.8. The minimum absolute atomic E-state index is 0.0760. The number of halogens is 2. The highest BCUT2D eigenvalue weighted by atomic mass is 35.5. The van der Waals surface area contributed by atoms with Crippen LogP contribution in [0.5, 0.6) is 0 Å². The van der Waals surface area contributed by atoms with Gasteiger partial charge in [0.2, 0.25) is 5.91 Å². The number of thiophene rings is 1. The largest absolute Gasteiger partial charge is 0.348 e. The SMILES string of the molecule is CC(=O)N1CCC(NC(=O)c2cc3c(C)nn(Cc4ccc(Cl)cc4Cl)c3s2)CC1. The van der Waals surface area contributed by atoms with Crippen LogP contribution in [-0.2, 0) is 11.3 Å². The number of aromatic nitrogens is 2. The maximum absolute atomic E-state index is 12.8. The van der Waals surface area contributed by atoms with Crippen LogP contribution in [0.15, 0.2) is 24.3 Å². The van der Waals surface area contributed by atoms with Crippen molar-refractivity contribution in [2.24, 2.45) is 0 Å². The number of nitrogens with one attached hydrogen (secondary N) is 1. The molecule has 1 N–H and O–H groups in total. The Morgan fingerprint density at radius 3 is 2.63 bits per heavy atom. The zero-order valence-electron chi connectivity index (χ0n) is 16.7. The number of fused-ring (bicyclic) bond motifs is 1. The molecule has 1 fully saturated rings. The predicted octanol–water partition coefficient (Wildman–Crippen LogP) is 4.50. The first kappa shape index (κ1) is 21.2. The van der Waals surface area contributed by atoms with Gasteiger partial charge in [-0.05, 0) is 43.5 Å². The fraction of sp³-hybridized carbons (Fsp3) is 0.381. The molecule has 0 saturated carbocycles. The molecule has 1 aromatic carbocycles. The molecule has 2 aromatic heterocycles. The number of aryl methyl sites for hydroxylation is 1. The zero-order valence-corrected chi connectivity index (χ0v) is 19.1. The van der Waals surface area contributed by atoms with Gasteiger partial charge in [-0.1, -0.05) is 29.3 Å². The number of carbonyl (C=O) groups excluding carboxylic acids is 2. The van der Waals surface area contributed by atoms with Crippen molar-refractivity contribution in [2.45, 2.75) is 39.3 Å². The minimum atomic E-state index is -0.0760. The lowest BCUT2D eigenvalue weighted by Crippen LogP contribution is -2.45. The third kappa shape index (κ3) is 4.33. The fourth-order valence-corrected chi connectivity index (χ4v) is 5.27. The number of carbonyl (C=O) groups is 2. The lowest BCUT2D eigenvalue weighted by Gasteiger charge is -2.31. The van der Waals surface area contributed by atoms with Crippen molar-refractivity contribution in [1.82, 2.24) is 20.0 Å². The summed E-state index contributed by atoms with van der Waals surface area (Å²) in [6.07, 6.45) is 1.55. The van der Waals surface area contributed by atoms with Gasteiger partial charge in [-0.25, -0.2) is 0 Å². The first-order chi connectivity index (χ1) is 14.3. The van der Waals surface area contributed by atoms with Crippen molar-refractivity contribution in [2.75, 3.05) is 13.1 Å². The number of likely N-dealkylation sites (tertiary alicyclic amines) is 1. The van der Waals surface area contributed by atoms with Gasteiger partial charge in [0.1, 0.15) is 4.83 Å². The summed E-state index contributed by atoms with van der Waals surface area (Å²) < 4.78 is 1.88. The van der Waals surface area contributed by atoms with E-state index in [1.807, 2.05) is 28.6 Å². The normalized spacial score (nSPS) is 15.0. The van der Waals surface area contributed by atoms with Crippen molar-refractivity contribution < 1.29 is 9.59 Å². The lowest BCUT2D eigenvalue weighted by atomic mass is 10.0. The molecule has 3 heterocycles. The number of amides is 2. The minimum Gasteiger partial charge on any atom is -0.348 e. The standard InChI is InChI=1S/C21H22Cl2N4O2S/c1-12-17-10-19(20(29)24-16-5-7-26(8-6-16)13(2)28)30-21(17)27(25-12)11-14-3-4-15(22)9-18(14)23/h3-4,9-10,16H,5-8,11H2,1-2H3,(H,24,29). The van der Waals surface area contributed by atoms with Crippen LogP contribution in [-0.4, -0.2) is 45.6 Å². The van der Waals surface area contributed by atoms with E-state index in [1.165, 1.54) is 11.3 Å². The summed E-state index contributed by atoms with van der Waals surface area (Å²) in [6, 6.07) is 7.41. The van der Waals surface area contributed by atoms with E-state index in [4.69, 9.17) is 23.2 Å². The van der Waals surface area contributed by atoms with Crippen LogP contribution in [0.4, 0.5) is 0 Å². The van der Waals surface area contributed by atoms with Gasteiger partial charge in [0.25, 0.3) is 5.91 Å². The van der Waals surface area contributed by atoms with Crippen LogP contribution < -0.4 is 5.32 Å². The number of piperidine rings is 1. The second-order valence-corrected chi connectivity index (χ2v) is 9.44. The summed E-state index contributed by atoms with van der Waals surface area (Å²) in [5.74, 6) is 0.0121. The van der Waals surface area contributed by atoms with Gasteiger partial charge in [0.15, 0.2) is 0 Å². The van der Waals surface area contributed by atoms with Crippen LogP contribution in [0, 0.1) is 6.92 Å². The van der Waals surface area contributed by atoms with E-state index >= 15 is 0 Å². The molecule has 1 aliphatic rings. The van der Waals surface area contributed by atoms with Crippen molar-refractivity contribution in [1.29, 1.82) is 0 Å². The van der Waals surface area contributed by atoms with Crippen LogP contribution in [0.1, 0.15) is 40.7 Å². The average Bonchev–Trinajstić information content (AvgIpc) is 3.26. The molecular weight excluding hydrogens is 443 g/mol. The Balaban J connectivity index is 1.50. The van der Waals surface area contributed by atoms with Gasteiger partial charge in [-0.2, -0.15) is 5.10 Å². The van der Waals surface area contributed by atoms with Crippen molar-refractivity contribution in [3.05, 3.63) is 50.4 Å². The smallest absolute Gasteiger partial charge is 0.261 e. The molecule has 30 heavy (non-hydrogen) atoms. The van der Waals surface area contributed by atoms with Gasteiger partial charge in [-0.3, -0.25) is 14.3 Å². The van der Waals surface area contributed by atoms with Crippen LogP contribution >= 0.6 is 34.5 Å². The Morgan fingerprint density at radius 1 is 1.23 bits per heavy atom. The maximum Gasteiger partial charge on any atom is 0.261 e. The van der Waals surface area contributed by atoms with Gasteiger partial charge in [-0.15, -0.1) is 11.3 Å². The number of benzene rings is 1. The van der Waals surface area contributed by atoms with Gasteiger partial charge in [0, 0.05) is 41.5 Å². The second kappa shape index (κ2) is 8.57. The quantitative estimate of drug-likeness (QED) is 0.617. The van der Waals surface area contributed by atoms with E-state index in [0.29, 0.717) is 34.6 Å². The number of nitrogens with zero attached hydrogens (tertiary/aromatic N) is 3. The third-order valence-corrected chi connectivity index (χ3v) is 7.18. The molecule has 9 heteroatoms. The molecule has 6 nitrogen and oxygen atoms in total. The Labute approximate surface area is 188 Å². The summed E-state index contributed by atoms with van der Waals surface area (Å²) in [5, 5.41) is 9.89. The van der Waals surface area contributed by atoms with E-state index < -0.39 is 0 Å². The fourth-order valence-electron chi connectivity index (χ4n) is 3.74. The highest BCUT2D eigenvalue weighted by molar-refractivity contribution is 7.20.